The number of alkyl halides is 3. The highest BCUT2D eigenvalue weighted by Crippen LogP contribution is 2.20. The third kappa shape index (κ3) is 5.22. The van der Waals surface area contributed by atoms with E-state index in [9.17, 15) is 34.4 Å². The Morgan fingerprint density at radius 1 is 1.14 bits per heavy atom. The van der Waals surface area contributed by atoms with Crippen molar-refractivity contribution in [3.8, 4) is 0 Å². The standard InChI is InChI=1S/C9H10F4N2O4S2/c10-7-5-6(20(14,16)17)1-2-8(7)21(18,19)15-4-3-9(11,12)13/h1-2,5,15H,3-4H2,(H2,14,16,17). The van der Waals surface area contributed by atoms with Crippen LogP contribution in [0.25, 0.3) is 0 Å². The molecular formula is C9H10F4N2O4S2. The van der Waals surface area contributed by atoms with Crippen LogP contribution >= 0.6 is 0 Å². The third-order valence-electron chi connectivity index (χ3n) is 2.22. The predicted molar refractivity (Wildman–Crippen MR) is 63.6 cm³/mol. The molecule has 0 fully saturated rings. The van der Waals surface area contributed by atoms with E-state index in [2.05, 4.69) is 0 Å². The molecule has 0 aromatic heterocycles. The molecule has 1 aromatic carbocycles. The minimum Gasteiger partial charge on any atom is -0.225 e. The van der Waals surface area contributed by atoms with Crippen molar-refractivity contribution in [2.24, 2.45) is 5.14 Å². The Bertz CT molecular complexity index is 729. The van der Waals surface area contributed by atoms with Crippen molar-refractivity contribution in [2.45, 2.75) is 22.4 Å². The van der Waals surface area contributed by atoms with Gasteiger partial charge in [0.15, 0.2) is 0 Å². The highest BCUT2D eigenvalue weighted by molar-refractivity contribution is 7.89. The van der Waals surface area contributed by atoms with Crippen molar-refractivity contribution in [1.29, 1.82) is 0 Å². The molecule has 0 saturated heterocycles. The summed E-state index contributed by atoms with van der Waals surface area (Å²) in [5.41, 5.74) is 0. The van der Waals surface area contributed by atoms with Gasteiger partial charge in [0, 0.05) is 6.54 Å². The van der Waals surface area contributed by atoms with Crippen molar-refractivity contribution in [1.82, 2.24) is 4.72 Å². The second-order valence-electron chi connectivity index (χ2n) is 3.90. The van der Waals surface area contributed by atoms with Gasteiger partial charge in [0.25, 0.3) is 0 Å². The summed E-state index contributed by atoms with van der Waals surface area (Å²) in [6.45, 7) is -0.970. The summed E-state index contributed by atoms with van der Waals surface area (Å²) in [7, 11) is -8.76. The van der Waals surface area contributed by atoms with Crippen LogP contribution in [0.1, 0.15) is 6.42 Å². The molecule has 0 amide bonds. The van der Waals surface area contributed by atoms with Crippen molar-refractivity contribution in [3.63, 3.8) is 0 Å². The Kier molecular flexibility index (Phi) is 4.98. The lowest BCUT2D eigenvalue weighted by Crippen LogP contribution is -2.28. The predicted octanol–water partition coefficient (Wildman–Crippen LogP) is 0.704. The minimum atomic E-state index is -4.57. The van der Waals surface area contributed by atoms with Crippen LogP contribution in [0, 0.1) is 5.82 Å². The molecule has 12 heteroatoms. The van der Waals surface area contributed by atoms with Gasteiger partial charge in [-0.2, -0.15) is 13.2 Å². The molecule has 120 valence electrons. The average Bonchev–Trinajstić information content (AvgIpc) is 2.24. The number of nitrogens with one attached hydrogen (secondary N) is 1. The monoisotopic (exact) mass is 350 g/mol. The molecule has 0 saturated carbocycles. The molecule has 1 aromatic rings. The normalized spacial score (nSPS) is 13.4. The lowest BCUT2D eigenvalue weighted by atomic mass is 10.3. The highest BCUT2D eigenvalue weighted by Gasteiger charge is 2.28. The van der Waals surface area contributed by atoms with Crippen molar-refractivity contribution >= 4 is 20.0 Å². The Morgan fingerprint density at radius 3 is 2.14 bits per heavy atom. The SMILES string of the molecule is NS(=O)(=O)c1ccc(S(=O)(=O)NCCC(F)(F)F)c(F)c1. The first kappa shape index (κ1) is 17.8. The number of rotatable bonds is 5. The van der Waals surface area contributed by atoms with E-state index in [1.807, 2.05) is 0 Å². The molecule has 21 heavy (non-hydrogen) atoms. The van der Waals surface area contributed by atoms with Crippen LogP contribution in [-0.2, 0) is 20.0 Å². The smallest absolute Gasteiger partial charge is 0.225 e. The van der Waals surface area contributed by atoms with Crippen LogP contribution in [0.4, 0.5) is 17.6 Å². The zero-order valence-corrected chi connectivity index (χ0v) is 11.8. The first-order valence-corrected chi connectivity index (χ1v) is 8.25. The molecule has 0 aliphatic rings. The quantitative estimate of drug-likeness (QED) is 0.763. The Labute approximate surface area is 118 Å². The number of primary sulfonamides is 1. The summed E-state index contributed by atoms with van der Waals surface area (Å²) in [6.07, 6.45) is -6.00. The molecule has 1 rings (SSSR count). The zero-order chi connectivity index (χ0) is 16.5. The van der Waals surface area contributed by atoms with Gasteiger partial charge in [-0.1, -0.05) is 0 Å². The van der Waals surface area contributed by atoms with Gasteiger partial charge in [-0.15, -0.1) is 0 Å². The van der Waals surface area contributed by atoms with Gasteiger partial charge >= 0.3 is 6.18 Å². The van der Waals surface area contributed by atoms with E-state index in [1.54, 1.807) is 4.72 Å². The van der Waals surface area contributed by atoms with Gasteiger partial charge < -0.3 is 0 Å². The van der Waals surface area contributed by atoms with Gasteiger partial charge in [-0.3, -0.25) is 0 Å². The number of nitrogens with two attached hydrogens (primary N) is 1. The van der Waals surface area contributed by atoms with Gasteiger partial charge in [0.1, 0.15) is 10.7 Å². The minimum absolute atomic E-state index is 0.369. The summed E-state index contributed by atoms with van der Waals surface area (Å²) >= 11 is 0. The number of halogens is 4. The van der Waals surface area contributed by atoms with Gasteiger partial charge in [0.05, 0.1) is 11.3 Å². The number of sulfonamides is 2. The average molecular weight is 350 g/mol. The second-order valence-corrected chi connectivity index (χ2v) is 7.20. The van der Waals surface area contributed by atoms with Gasteiger partial charge in [0.2, 0.25) is 20.0 Å². The Balaban J connectivity index is 3.00. The second kappa shape index (κ2) is 5.87. The summed E-state index contributed by atoms with van der Waals surface area (Å²) in [5, 5.41) is 4.73. The van der Waals surface area contributed by atoms with Crippen LogP contribution < -0.4 is 9.86 Å². The van der Waals surface area contributed by atoms with Gasteiger partial charge in [-0.25, -0.2) is 31.1 Å². The maximum atomic E-state index is 13.6. The van der Waals surface area contributed by atoms with E-state index in [0.717, 1.165) is 6.07 Å². The lowest BCUT2D eigenvalue weighted by Gasteiger charge is -2.10. The molecule has 0 bridgehead atoms. The fraction of sp³-hybridized carbons (Fsp3) is 0.333. The summed E-state index contributed by atoms with van der Waals surface area (Å²) in [4.78, 5) is -1.63. The summed E-state index contributed by atoms with van der Waals surface area (Å²) in [6, 6.07) is 1.70. The molecule has 0 atom stereocenters. The maximum Gasteiger partial charge on any atom is 0.390 e. The maximum absolute atomic E-state index is 13.6. The van der Waals surface area contributed by atoms with Gasteiger partial charge in [-0.05, 0) is 18.2 Å². The summed E-state index contributed by atoms with van der Waals surface area (Å²) < 4.78 is 96.0. The number of hydrogen-bond donors (Lipinski definition) is 2. The number of benzene rings is 1. The molecule has 0 spiro atoms. The first-order valence-electron chi connectivity index (χ1n) is 5.22. The van der Waals surface area contributed by atoms with E-state index >= 15 is 0 Å². The van der Waals surface area contributed by atoms with E-state index in [-0.39, 0.29) is 0 Å². The zero-order valence-electron chi connectivity index (χ0n) is 10.2. The van der Waals surface area contributed by atoms with Crippen molar-refractivity contribution in [3.05, 3.63) is 24.0 Å². The van der Waals surface area contributed by atoms with Crippen LogP contribution in [0.5, 0.6) is 0 Å². The van der Waals surface area contributed by atoms with E-state index in [0.29, 0.717) is 12.1 Å². The number of hydrogen-bond acceptors (Lipinski definition) is 4. The van der Waals surface area contributed by atoms with E-state index < -0.39 is 54.8 Å². The molecule has 0 heterocycles. The van der Waals surface area contributed by atoms with Crippen LogP contribution in [0.15, 0.2) is 28.0 Å². The van der Waals surface area contributed by atoms with Crippen molar-refractivity contribution in [2.75, 3.05) is 6.54 Å². The molecular weight excluding hydrogens is 340 g/mol. The van der Waals surface area contributed by atoms with Crippen LogP contribution in [0.2, 0.25) is 0 Å². The largest absolute Gasteiger partial charge is 0.390 e. The Morgan fingerprint density at radius 2 is 1.71 bits per heavy atom. The van der Waals surface area contributed by atoms with Crippen LogP contribution in [0.3, 0.4) is 0 Å². The molecule has 0 aliphatic heterocycles. The molecule has 3 N–H and O–H groups in total. The first-order chi connectivity index (χ1) is 9.33. The molecule has 6 nitrogen and oxygen atoms in total. The topological polar surface area (TPSA) is 106 Å². The summed E-state index contributed by atoms with van der Waals surface area (Å²) in [5.74, 6) is -1.44. The molecule has 0 radical (unpaired) electrons. The Hall–Kier alpha value is -1.24. The van der Waals surface area contributed by atoms with Crippen LogP contribution in [-0.4, -0.2) is 29.6 Å². The van der Waals surface area contributed by atoms with Crippen molar-refractivity contribution < 1.29 is 34.4 Å². The highest BCUT2D eigenvalue weighted by atomic mass is 32.2. The fourth-order valence-corrected chi connectivity index (χ4v) is 2.90. The molecule has 0 aliphatic carbocycles. The third-order valence-corrected chi connectivity index (χ3v) is 4.63. The van der Waals surface area contributed by atoms with E-state index in [4.69, 9.17) is 5.14 Å². The van der Waals surface area contributed by atoms with E-state index in [1.165, 1.54) is 0 Å². The fourth-order valence-electron chi connectivity index (χ4n) is 1.28. The molecule has 0 unspecified atom stereocenters. The lowest BCUT2D eigenvalue weighted by molar-refractivity contribution is -0.132.